The zero-order valence-corrected chi connectivity index (χ0v) is 8.79. The first-order chi connectivity index (χ1) is 6.11. The molecule has 0 bridgehead atoms. The summed E-state index contributed by atoms with van der Waals surface area (Å²) in [6.07, 6.45) is 2.78. The van der Waals surface area contributed by atoms with E-state index in [1.54, 1.807) is 0 Å². The minimum absolute atomic E-state index is 0.197. The molecule has 0 saturated carbocycles. The first-order valence-corrected chi connectivity index (χ1v) is 5.14. The molecule has 1 aliphatic heterocycles. The fraction of sp³-hybridized carbons (Fsp3) is 1.00. The van der Waals surface area contributed by atoms with Crippen LogP contribution >= 0.6 is 0 Å². The van der Waals surface area contributed by atoms with E-state index in [1.165, 1.54) is 0 Å². The van der Waals surface area contributed by atoms with Gasteiger partial charge in [-0.1, -0.05) is 0 Å². The normalized spacial score (nSPS) is 37.4. The van der Waals surface area contributed by atoms with E-state index in [1.807, 2.05) is 6.92 Å². The van der Waals surface area contributed by atoms with Crippen molar-refractivity contribution in [2.45, 2.75) is 57.9 Å². The summed E-state index contributed by atoms with van der Waals surface area (Å²) in [7, 11) is 0. The van der Waals surface area contributed by atoms with Crippen LogP contribution in [0, 0.1) is 0 Å². The van der Waals surface area contributed by atoms with Crippen molar-refractivity contribution in [3.8, 4) is 0 Å². The van der Waals surface area contributed by atoms with E-state index in [9.17, 15) is 0 Å². The van der Waals surface area contributed by atoms with Gasteiger partial charge in [0.25, 0.3) is 0 Å². The summed E-state index contributed by atoms with van der Waals surface area (Å²) < 4.78 is 5.63. The Labute approximate surface area is 80.5 Å². The first-order valence-electron chi connectivity index (χ1n) is 5.14. The standard InChI is InChI=1S/C10H21NO2/c1-7(6-12)11-10-4-8(2)13-9(3)5-10/h7-12H,4-6H2,1-3H3/t7-,8+,9+/m0/s1. The Morgan fingerprint density at radius 2 is 1.92 bits per heavy atom. The van der Waals surface area contributed by atoms with Crippen LogP contribution in [0.4, 0.5) is 0 Å². The molecule has 3 heteroatoms. The van der Waals surface area contributed by atoms with E-state index in [0.717, 1.165) is 12.8 Å². The molecule has 1 saturated heterocycles. The Morgan fingerprint density at radius 1 is 1.38 bits per heavy atom. The molecule has 3 nitrogen and oxygen atoms in total. The molecule has 1 fully saturated rings. The van der Waals surface area contributed by atoms with Crippen molar-refractivity contribution in [1.82, 2.24) is 5.32 Å². The van der Waals surface area contributed by atoms with E-state index in [-0.39, 0.29) is 12.6 Å². The molecule has 0 aromatic carbocycles. The van der Waals surface area contributed by atoms with E-state index in [0.29, 0.717) is 18.2 Å². The van der Waals surface area contributed by atoms with Gasteiger partial charge in [-0.25, -0.2) is 0 Å². The van der Waals surface area contributed by atoms with Crippen LogP contribution in [0.1, 0.15) is 33.6 Å². The van der Waals surface area contributed by atoms with Crippen LogP contribution in [0.3, 0.4) is 0 Å². The third kappa shape index (κ3) is 3.63. The van der Waals surface area contributed by atoms with Crippen LogP contribution in [0.2, 0.25) is 0 Å². The minimum Gasteiger partial charge on any atom is -0.395 e. The molecule has 0 radical (unpaired) electrons. The smallest absolute Gasteiger partial charge is 0.0582 e. The summed E-state index contributed by atoms with van der Waals surface area (Å²) in [5.41, 5.74) is 0. The molecular weight excluding hydrogens is 166 g/mol. The summed E-state index contributed by atoms with van der Waals surface area (Å²) in [5.74, 6) is 0. The Morgan fingerprint density at radius 3 is 2.38 bits per heavy atom. The van der Waals surface area contributed by atoms with Crippen molar-refractivity contribution >= 4 is 0 Å². The van der Waals surface area contributed by atoms with Gasteiger partial charge in [0, 0.05) is 12.1 Å². The maximum Gasteiger partial charge on any atom is 0.0582 e. The molecule has 1 aliphatic rings. The molecular formula is C10H21NO2. The van der Waals surface area contributed by atoms with Gasteiger partial charge >= 0.3 is 0 Å². The second-order valence-corrected chi connectivity index (χ2v) is 4.18. The van der Waals surface area contributed by atoms with Gasteiger partial charge in [-0.3, -0.25) is 0 Å². The Balaban J connectivity index is 2.32. The fourth-order valence-corrected chi connectivity index (χ4v) is 2.00. The summed E-state index contributed by atoms with van der Waals surface area (Å²) in [6.45, 7) is 6.42. The average Bonchev–Trinajstić information content (AvgIpc) is 2.02. The summed E-state index contributed by atoms with van der Waals surface area (Å²) in [4.78, 5) is 0. The Kier molecular flexibility index (Phi) is 4.16. The Hall–Kier alpha value is -0.120. The molecule has 0 aliphatic carbocycles. The molecule has 3 atom stereocenters. The molecule has 78 valence electrons. The molecule has 0 aromatic heterocycles. The van der Waals surface area contributed by atoms with Gasteiger partial charge < -0.3 is 15.2 Å². The minimum atomic E-state index is 0.197. The van der Waals surface area contributed by atoms with Gasteiger partial charge in [-0.15, -0.1) is 0 Å². The molecule has 2 N–H and O–H groups in total. The van der Waals surface area contributed by atoms with E-state index in [4.69, 9.17) is 9.84 Å². The number of rotatable bonds is 3. The van der Waals surface area contributed by atoms with E-state index >= 15 is 0 Å². The van der Waals surface area contributed by atoms with Gasteiger partial charge in [0.15, 0.2) is 0 Å². The van der Waals surface area contributed by atoms with Crippen molar-refractivity contribution in [2.75, 3.05) is 6.61 Å². The quantitative estimate of drug-likeness (QED) is 0.690. The van der Waals surface area contributed by atoms with Crippen molar-refractivity contribution in [1.29, 1.82) is 0 Å². The number of aliphatic hydroxyl groups is 1. The number of aliphatic hydroxyl groups excluding tert-OH is 1. The zero-order valence-electron chi connectivity index (χ0n) is 8.79. The summed E-state index contributed by atoms with van der Waals surface area (Å²) >= 11 is 0. The monoisotopic (exact) mass is 187 g/mol. The van der Waals surface area contributed by atoms with Crippen molar-refractivity contribution in [3.63, 3.8) is 0 Å². The van der Waals surface area contributed by atoms with Gasteiger partial charge in [0.05, 0.1) is 18.8 Å². The number of ether oxygens (including phenoxy) is 1. The first kappa shape index (κ1) is 11.0. The largest absolute Gasteiger partial charge is 0.395 e. The average molecular weight is 187 g/mol. The van der Waals surface area contributed by atoms with Crippen molar-refractivity contribution in [3.05, 3.63) is 0 Å². The topological polar surface area (TPSA) is 41.5 Å². The van der Waals surface area contributed by atoms with Crippen molar-refractivity contribution < 1.29 is 9.84 Å². The van der Waals surface area contributed by atoms with Crippen LogP contribution in [0.5, 0.6) is 0 Å². The van der Waals surface area contributed by atoms with Gasteiger partial charge in [-0.05, 0) is 33.6 Å². The summed E-state index contributed by atoms with van der Waals surface area (Å²) in [5, 5.41) is 12.3. The maximum atomic E-state index is 8.90. The van der Waals surface area contributed by atoms with Crippen LogP contribution in [0.15, 0.2) is 0 Å². The molecule has 0 aromatic rings. The molecule has 13 heavy (non-hydrogen) atoms. The Bertz CT molecular complexity index is 142. The predicted molar refractivity (Wildman–Crippen MR) is 52.7 cm³/mol. The van der Waals surface area contributed by atoms with E-state index in [2.05, 4.69) is 19.2 Å². The van der Waals surface area contributed by atoms with Crippen molar-refractivity contribution in [2.24, 2.45) is 0 Å². The molecule has 1 heterocycles. The number of nitrogens with one attached hydrogen (secondary N) is 1. The highest BCUT2D eigenvalue weighted by molar-refractivity contribution is 4.80. The lowest BCUT2D eigenvalue weighted by Gasteiger charge is -2.34. The van der Waals surface area contributed by atoms with Crippen LogP contribution < -0.4 is 5.32 Å². The zero-order chi connectivity index (χ0) is 9.84. The maximum absolute atomic E-state index is 8.90. The van der Waals surface area contributed by atoms with Gasteiger partial charge in [-0.2, -0.15) is 0 Å². The van der Waals surface area contributed by atoms with Gasteiger partial charge in [0.1, 0.15) is 0 Å². The molecule has 0 amide bonds. The lowest BCUT2D eigenvalue weighted by molar-refractivity contribution is -0.0440. The molecule has 1 rings (SSSR count). The molecule has 0 spiro atoms. The van der Waals surface area contributed by atoms with Crippen LogP contribution in [-0.4, -0.2) is 36.0 Å². The SMILES string of the molecule is C[C@@H]1CC(N[C@@H](C)CO)C[C@@H](C)O1. The summed E-state index contributed by atoms with van der Waals surface area (Å²) in [6, 6.07) is 0.698. The highest BCUT2D eigenvalue weighted by atomic mass is 16.5. The third-order valence-corrected chi connectivity index (χ3v) is 2.49. The lowest BCUT2D eigenvalue weighted by atomic mass is 9.99. The predicted octanol–water partition coefficient (Wildman–Crippen LogP) is 0.913. The van der Waals surface area contributed by atoms with Crippen LogP contribution in [0.25, 0.3) is 0 Å². The number of hydrogen-bond acceptors (Lipinski definition) is 3. The van der Waals surface area contributed by atoms with E-state index < -0.39 is 0 Å². The number of hydrogen-bond donors (Lipinski definition) is 2. The lowest BCUT2D eigenvalue weighted by Crippen LogP contribution is -2.45. The van der Waals surface area contributed by atoms with Gasteiger partial charge in [0.2, 0.25) is 0 Å². The van der Waals surface area contributed by atoms with Crippen LogP contribution in [-0.2, 0) is 4.74 Å². The fourth-order valence-electron chi connectivity index (χ4n) is 2.00. The highest BCUT2D eigenvalue weighted by Crippen LogP contribution is 2.19. The second-order valence-electron chi connectivity index (χ2n) is 4.18. The second kappa shape index (κ2) is 4.94. The molecule has 0 unspecified atom stereocenters. The highest BCUT2D eigenvalue weighted by Gasteiger charge is 2.24. The third-order valence-electron chi connectivity index (χ3n) is 2.49.